The zero-order valence-electron chi connectivity index (χ0n) is 25.7. The van der Waals surface area contributed by atoms with Crippen molar-refractivity contribution >= 4 is 23.5 Å². The number of rotatable bonds is 5. The van der Waals surface area contributed by atoms with Crippen LogP contribution < -0.4 is 9.80 Å². The molecule has 5 heterocycles. The zero-order valence-corrected chi connectivity index (χ0v) is 25.7. The number of piperazine rings is 1. The van der Waals surface area contributed by atoms with Crippen LogP contribution in [0.4, 0.5) is 25.1 Å². The predicted molar refractivity (Wildman–Crippen MR) is 157 cm³/mol. The van der Waals surface area contributed by atoms with E-state index in [-0.39, 0.29) is 36.2 Å². The molecule has 42 heavy (non-hydrogen) atoms. The summed E-state index contributed by atoms with van der Waals surface area (Å²) in [6.07, 6.45) is 3.51. The Bertz CT molecular complexity index is 1350. The highest BCUT2D eigenvalue weighted by Crippen LogP contribution is 2.41. The van der Waals surface area contributed by atoms with Crippen LogP contribution in [0.1, 0.15) is 65.3 Å². The standard InChI is InChI=1S/C31H42F2N6O3/c1-20-15-37(18-25(40)39-19-30(5,6)26-24(39)13-22(14-35-26)31(7,32)33)23(17-38(20)28(41)42-29(2,3)4)16-36-12-10-21-9-8-11-34-27(21)36/h8-9,11,13-14,20,23H,10,12,15-19H2,1-7H3/t20-,23+/m1/s1. The number of hydrogen-bond acceptors (Lipinski definition) is 7. The number of aromatic nitrogens is 2. The van der Waals surface area contributed by atoms with Gasteiger partial charge in [-0.05, 0) is 51.8 Å². The highest BCUT2D eigenvalue weighted by molar-refractivity contribution is 5.97. The molecular formula is C31H42F2N6O3. The first-order chi connectivity index (χ1) is 19.5. The van der Waals surface area contributed by atoms with Gasteiger partial charge in [0.25, 0.3) is 5.92 Å². The number of halogens is 2. The van der Waals surface area contributed by atoms with E-state index >= 15 is 0 Å². The van der Waals surface area contributed by atoms with Crippen molar-refractivity contribution in [3.05, 3.63) is 47.4 Å². The third-order valence-corrected chi connectivity index (χ3v) is 8.33. The van der Waals surface area contributed by atoms with E-state index in [0.29, 0.717) is 37.6 Å². The minimum atomic E-state index is -3.07. The lowest BCUT2D eigenvalue weighted by Crippen LogP contribution is -2.63. The molecule has 3 aliphatic rings. The van der Waals surface area contributed by atoms with Gasteiger partial charge < -0.3 is 19.4 Å². The zero-order chi connectivity index (χ0) is 30.6. The maximum atomic E-state index is 14.2. The summed E-state index contributed by atoms with van der Waals surface area (Å²) in [5.41, 5.74) is 0.950. The van der Waals surface area contributed by atoms with Gasteiger partial charge in [-0.15, -0.1) is 0 Å². The van der Waals surface area contributed by atoms with Crippen LogP contribution in [0.2, 0.25) is 0 Å². The Labute approximate surface area is 246 Å². The topological polar surface area (TPSA) is 82.1 Å². The van der Waals surface area contributed by atoms with Crippen LogP contribution >= 0.6 is 0 Å². The van der Waals surface area contributed by atoms with Crippen molar-refractivity contribution in [3.8, 4) is 0 Å². The molecule has 0 N–H and O–H groups in total. The van der Waals surface area contributed by atoms with Crippen molar-refractivity contribution in [2.24, 2.45) is 0 Å². The molecule has 1 fully saturated rings. The molecule has 2 amide bonds. The van der Waals surface area contributed by atoms with Gasteiger partial charge in [0.1, 0.15) is 11.4 Å². The number of carbonyl (C=O) groups is 2. The fourth-order valence-corrected chi connectivity index (χ4v) is 6.21. The fourth-order valence-electron chi connectivity index (χ4n) is 6.21. The Balaban J connectivity index is 1.40. The average Bonchev–Trinajstić information content (AvgIpc) is 3.41. The van der Waals surface area contributed by atoms with Crippen molar-refractivity contribution in [2.45, 2.75) is 83.9 Å². The first-order valence-electron chi connectivity index (χ1n) is 14.7. The van der Waals surface area contributed by atoms with Gasteiger partial charge in [0.05, 0.1) is 17.9 Å². The maximum Gasteiger partial charge on any atom is 0.410 e. The van der Waals surface area contributed by atoms with Crippen molar-refractivity contribution in [1.29, 1.82) is 0 Å². The SMILES string of the molecule is C[C@@H]1CN(CC(=O)N2CC(C)(C)c3ncc(C(C)(F)F)cc32)[C@@H](CN2CCc3cccnc32)CN1C(=O)OC(C)(C)C. The van der Waals surface area contributed by atoms with Crippen LogP contribution in [0.25, 0.3) is 0 Å². The van der Waals surface area contributed by atoms with Gasteiger partial charge in [-0.3, -0.25) is 14.7 Å². The molecule has 0 unspecified atom stereocenters. The summed E-state index contributed by atoms with van der Waals surface area (Å²) in [5, 5.41) is 0. The molecule has 5 rings (SSSR count). The molecule has 0 aromatic carbocycles. The lowest BCUT2D eigenvalue weighted by molar-refractivity contribution is -0.121. The fraction of sp³-hybridized carbons (Fsp3) is 0.613. The molecular weight excluding hydrogens is 542 g/mol. The first-order valence-corrected chi connectivity index (χ1v) is 14.7. The number of nitrogens with zero attached hydrogens (tertiary/aromatic N) is 6. The molecule has 228 valence electrons. The van der Waals surface area contributed by atoms with Gasteiger partial charge in [0, 0.05) is 75.1 Å². The van der Waals surface area contributed by atoms with Crippen LogP contribution in [0.3, 0.4) is 0 Å². The minimum Gasteiger partial charge on any atom is -0.444 e. The number of anilines is 2. The molecule has 0 radical (unpaired) electrons. The summed E-state index contributed by atoms with van der Waals surface area (Å²) in [7, 11) is 0. The number of carbonyl (C=O) groups excluding carboxylic acids is 2. The van der Waals surface area contributed by atoms with E-state index in [4.69, 9.17) is 4.74 Å². The van der Waals surface area contributed by atoms with Crippen LogP contribution in [0, 0.1) is 0 Å². The number of fused-ring (bicyclic) bond motifs is 2. The lowest BCUT2D eigenvalue weighted by atomic mass is 9.91. The minimum absolute atomic E-state index is 0.0857. The van der Waals surface area contributed by atoms with Crippen LogP contribution in [0.15, 0.2) is 30.6 Å². The Morgan fingerprint density at radius 3 is 2.57 bits per heavy atom. The molecule has 0 bridgehead atoms. The molecule has 3 aliphatic heterocycles. The number of pyridine rings is 2. The second kappa shape index (κ2) is 10.7. The molecule has 0 saturated carbocycles. The highest BCUT2D eigenvalue weighted by atomic mass is 19.3. The molecule has 0 spiro atoms. The van der Waals surface area contributed by atoms with Crippen molar-refractivity contribution in [1.82, 2.24) is 19.8 Å². The third-order valence-electron chi connectivity index (χ3n) is 8.33. The third kappa shape index (κ3) is 6.07. The van der Waals surface area contributed by atoms with Gasteiger partial charge in [0.15, 0.2) is 0 Å². The van der Waals surface area contributed by atoms with Crippen molar-refractivity contribution in [3.63, 3.8) is 0 Å². The van der Waals surface area contributed by atoms with E-state index < -0.39 is 16.9 Å². The maximum absolute atomic E-state index is 14.2. The molecule has 0 aliphatic carbocycles. The van der Waals surface area contributed by atoms with Gasteiger partial charge in [-0.1, -0.05) is 19.9 Å². The Hall–Kier alpha value is -3.34. The molecule has 2 aromatic heterocycles. The molecule has 2 atom stereocenters. The molecule has 1 saturated heterocycles. The van der Waals surface area contributed by atoms with Crippen LogP contribution in [0.5, 0.6) is 0 Å². The normalized spacial score (nSPS) is 22.3. The summed E-state index contributed by atoms with van der Waals surface area (Å²) in [6.45, 7) is 15.0. The summed E-state index contributed by atoms with van der Waals surface area (Å²) in [6, 6.07) is 5.05. The van der Waals surface area contributed by atoms with Gasteiger partial charge >= 0.3 is 6.09 Å². The Morgan fingerprint density at radius 2 is 1.88 bits per heavy atom. The summed E-state index contributed by atoms with van der Waals surface area (Å²) in [5.74, 6) is -2.31. The number of hydrogen-bond donors (Lipinski definition) is 0. The smallest absolute Gasteiger partial charge is 0.410 e. The van der Waals surface area contributed by atoms with E-state index in [1.165, 1.54) is 17.8 Å². The van der Waals surface area contributed by atoms with E-state index in [1.54, 1.807) is 16.0 Å². The Morgan fingerprint density at radius 1 is 1.14 bits per heavy atom. The predicted octanol–water partition coefficient (Wildman–Crippen LogP) is 4.59. The van der Waals surface area contributed by atoms with E-state index in [2.05, 4.69) is 25.8 Å². The van der Waals surface area contributed by atoms with Crippen molar-refractivity contribution in [2.75, 3.05) is 49.1 Å². The summed E-state index contributed by atoms with van der Waals surface area (Å²) >= 11 is 0. The second-order valence-corrected chi connectivity index (χ2v) is 13.6. The number of ether oxygens (including phenoxy) is 1. The van der Waals surface area contributed by atoms with E-state index in [0.717, 1.165) is 25.7 Å². The largest absolute Gasteiger partial charge is 0.444 e. The van der Waals surface area contributed by atoms with Crippen molar-refractivity contribution < 1.29 is 23.1 Å². The summed E-state index contributed by atoms with van der Waals surface area (Å²) in [4.78, 5) is 43.8. The molecule has 11 heteroatoms. The first kappa shape index (κ1) is 30.1. The molecule has 2 aromatic rings. The number of amides is 2. The number of alkyl halides is 2. The lowest BCUT2D eigenvalue weighted by Gasteiger charge is -2.46. The van der Waals surface area contributed by atoms with Crippen LogP contribution in [-0.4, -0.2) is 88.7 Å². The second-order valence-electron chi connectivity index (χ2n) is 13.6. The average molecular weight is 585 g/mol. The van der Waals surface area contributed by atoms with E-state index in [1.807, 2.05) is 47.6 Å². The monoisotopic (exact) mass is 584 g/mol. The van der Waals surface area contributed by atoms with Gasteiger partial charge in [-0.2, -0.15) is 0 Å². The van der Waals surface area contributed by atoms with E-state index in [9.17, 15) is 18.4 Å². The van der Waals surface area contributed by atoms with Gasteiger partial charge in [-0.25, -0.2) is 18.6 Å². The summed E-state index contributed by atoms with van der Waals surface area (Å²) < 4.78 is 34.1. The Kier molecular flexibility index (Phi) is 7.70. The van der Waals surface area contributed by atoms with Gasteiger partial charge in [0.2, 0.25) is 5.91 Å². The highest BCUT2D eigenvalue weighted by Gasteiger charge is 2.43. The molecule has 9 nitrogen and oxygen atoms in total. The van der Waals surface area contributed by atoms with Crippen LogP contribution in [-0.2, 0) is 27.3 Å². The quantitative estimate of drug-likeness (QED) is 0.509.